The molecule has 1 unspecified atom stereocenters. The number of nitrogens with one attached hydrogen (secondary N) is 1. The Labute approximate surface area is 80.5 Å². The number of rotatable bonds is 4. The maximum Gasteiger partial charge on any atom is 0.225 e. The highest BCUT2D eigenvalue weighted by molar-refractivity contribution is 5.79. The minimum Gasteiger partial charge on any atom is -0.338 e. The van der Waals surface area contributed by atoms with E-state index >= 15 is 0 Å². The number of carbonyl (C=O) groups excluding carboxylic acids is 1. The third-order valence-corrected chi connectivity index (χ3v) is 2.55. The van der Waals surface area contributed by atoms with Crippen LogP contribution in [0.1, 0.15) is 27.2 Å². The van der Waals surface area contributed by atoms with Crippen molar-refractivity contribution in [2.45, 2.75) is 33.2 Å². The lowest BCUT2D eigenvalue weighted by molar-refractivity contribution is -0.142. The van der Waals surface area contributed by atoms with E-state index in [1.807, 2.05) is 18.7 Å². The van der Waals surface area contributed by atoms with E-state index in [0.29, 0.717) is 11.9 Å². The number of amides is 1. The molecule has 1 rings (SSSR count). The fourth-order valence-electron chi connectivity index (χ4n) is 1.59. The topological polar surface area (TPSA) is 32.3 Å². The van der Waals surface area contributed by atoms with Crippen molar-refractivity contribution in [2.75, 3.05) is 19.6 Å². The maximum absolute atomic E-state index is 11.6. The first-order chi connectivity index (χ1) is 6.16. The van der Waals surface area contributed by atoms with Crippen LogP contribution in [0.4, 0.5) is 0 Å². The molecule has 1 saturated heterocycles. The summed E-state index contributed by atoms with van der Waals surface area (Å²) in [6, 6.07) is 0.454. The zero-order chi connectivity index (χ0) is 9.84. The van der Waals surface area contributed by atoms with Gasteiger partial charge in [-0.2, -0.15) is 0 Å². The maximum atomic E-state index is 11.6. The van der Waals surface area contributed by atoms with Crippen molar-refractivity contribution in [3.05, 3.63) is 0 Å². The average molecular weight is 184 g/mol. The second-order valence-corrected chi connectivity index (χ2v) is 3.94. The normalized spacial score (nSPS) is 21.8. The summed E-state index contributed by atoms with van der Waals surface area (Å²) in [7, 11) is 0. The van der Waals surface area contributed by atoms with Crippen molar-refractivity contribution in [2.24, 2.45) is 5.92 Å². The van der Waals surface area contributed by atoms with E-state index in [1.165, 1.54) is 0 Å². The molecule has 0 spiro atoms. The minimum absolute atomic E-state index is 0.143. The van der Waals surface area contributed by atoms with Crippen LogP contribution in [0, 0.1) is 5.92 Å². The SMILES string of the molecule is CCNCC1CCN1C(=O)C(C)C. The molecule has 3 heteroatoms. The Morgan fingerprint density at radius 1 is 1.62 bits per heavy atom. The molecular weight excluding hydrogens is 164 g/mol. The summed E-state index contributed by atoms with van der Waals surface area (Å²) in [5.41, 5.74) is 0. The van der Waals surface area contributed by atoms with Gasteiger partial charge >= 0.3 is 0 Å². The Bertz CT molecular complexity index is 180. The quantitative estimate of drug-likeness (QED) is 0.702. The predicted octanol–water partition coefficient (Wildman–Crippen LogP) is 0.853. The van der Waals surface area contributed by atoms with Crippen molar-refractivity contribution in [1.29, 1.82) is 0 Å². The Hall–Kier alpha value is -0.570. The minimum atomic E-state index is 0.143. The number of carbonyl (C=O) groups is 1. The third kappa shape index (κ3) is 2.44. The summed E-state index contributed by atoms with van der Waals surface area (Å²) in [6.45, 7) is 8.91. The van der Waals surface area contributed by atoms with E-state index in [2.05, 4.69) is 12.2 Å². The highest BCUT2D eigenvalue weighted by Crippen LogP contribution is 2.19. The summed E-state index contributed by atoms with van der Waals surface area (Å²) in [5.74, 6) is 0.443. The summed E-state index contributed by atoms with van der Waals surface area (Å²) in [4.78, 5) is 13.6. The van der Waals surface area contributed by atoms with E-state index in [9.17, 15) is 4.79 Å². The molecular formula is C10H20N2O. The van der Waals surface area contributed by atoms with Gasteiger partial charge in [-0.1, -0.05) is 20.8 Å². The molecule has 0 aromatic rings. The molecule has 1 aliphatic heterocycles. The molecule has 3 nitrogen and oxygen atoms in total. The molecule has 1 fully saturated rings. The first-order valence-corrected chi connectivity index (χ1v) is 5.18. The molecule has 1 atom stereocenters. The van der Waals surface area contributed by atoms with E-state index in [0.717, 1.165) is 26.1 Å². The fraction of sp³-hybridized carbons (Fsp3) is 0.900. The summed E-state index contributed by atoms with van der Waals surface area (Å²) in [6.07, 6.45) is 1.16. The molecule has 0 bridgehead atoms. The molecule has 1 N–H and O–H groups in total. The van der Waals surface area contributed by atoms with Crippen LogP contribution in [-0.2, 0) is 4.79 Å². The Morgan fingerprint density at radius 2 is 2.31 bits per heavy atom. The highest BCUT2D eigenvalue weighted by Gasteiger charge is 2.32. The second-order valence-electron chi connectivity index (χ2n) is 3.94. The van der Waals surface area contributed by atoms with Gasteiger partial charge in [0.15, 0.2) is 0 Å². The molecule has 0 aromatic heterocycles. The zero-order valence-electron chi connectivity index (χ0n) is 8.84. The smallest absolute Gasteiger partial charge is 0.225 e. The second kappa shape index (κ2) is 4.61. The fourth-order valence-corrected chi connectivity index (χ4v) is 1.59. The van der Waals surface area contributed by atoms with Crippen LogP contribution in [0.25, 0.3) is 0 Å². The van der Waals surface area contributed by atoms with Crippen molar-refractivity contribution < 1.29 is 4.79 Å². The first kappa shape index (κ1) is 10.5. The number of nitrogens with zero attached hydrogens (tertiary/aromatic N) is 1. The van der Waals surface area contributed by atoms with E-state index in [1.54, 1.807) is 0 Å². The average Bonchev–Trinajstić information content (AvgIpc) is 2.03. The van der Waals surface area contributed by atoms with Crippen molar-refractivity contribution >= 4 is 5.91 Å². The van der Waals surface area contributed by atoms with Crippen LogP contribution >= 0.6 is 0 Å². The molecule has 0 saturated carbocycles. The summed E-state index contributed by atoms with van der Waals surface area (Å²) in [5, 5.41) is 3.28. The first-order valence-electron chi connectivity index (χ1n) is 5.18. The van der Waals surface area contributed by atoms with Gasteiger partial charge in [0.05, 0.1) is 0 Å². The molecule has 1 heterocycles. The number of hydrogen-bond acceptors (Lipinski definition) is 2. The predicted molar refractivity (Wildman–Crippen MR) is 53.5 cm³/mol. The van der Waals surface area contributed by atoms with Crippen molar-refractivity contribution in [3.63, 3.8) is 0 Å². The van der Waals surface area contributed by atoms with E-state index in [-0.39, 0.29) is 5.92 Å². The molecule has 0 radical (unpaired) electrons. The summed E-state index contributed by atoms with van der Waals surface area (Å²) < 4.78 is 0. The van der Waals surface area contributed by atoms with Gasteiger partial charge in [-0.3, -0.25) is 4.79 Å². The largest absolute Gasteiger partial charge is 0.338 e. The van der Waals surface area contributed by atoms with Crippen LogP contribution < -0.4 is 5.32 Å². The van der Waals surface area contributed by atoms with Gasteiger partial charge in [-0.25, -0.2) is 0 Å². The van der Waals surface area contributed by atoms with Gasteiger partial charge < -0.3 is 10.2 Å². The van der Waals surface area contributed by atoms with Gasteiger partial charge in [0, 0.05) is 25.0 Å². The van der Waals surface area contributed by atoms with Crippen LogP contribution in [0.15, 0.2) is 0 Å². The highest BCUT2D eigenvalue weighted by atomic mass is 16.2. The monoisotopic (exact) mass is 184 g/mol. The van der Waals surface area contributed by atoms with Crippen molar-refractivity contribution in [3.8, 4) is 0 Å². The van der Waals surface area contributed by atoms with Crippen molar-refractivity contribution in [1.82, 2.24) is 10.2 Å². The van der Waals surface area contributed by atoms with E-state index < -0.39 is 0 Å². The van der Waals surface area contributed by atoms with E-state index in [4.69, 9.17) is 0 Å². The lowest BCUT2D eigenvalue weighted by Crippen LogP contribution is -2.56. The third-order valence-electron chi connectivity index (χ3n) is 2.55. The molecule has 1 amide bonds. The molecule has 13 heavy (non-hydrogen) atoms. The van der Waals surface area contributed by atoms with Gasteiger partial charge in [0.1, 0.15) is 0 Å². The molecule has 1 aliphatic rings. The van der Waals surface area contributed by atoms with Crippen LogP contribution in [-0.4, -0.2) is 36.5 Å². The molecule has 0 aliphatic carbocycles. The van der Waals surface area contributed by atoms with Gasteiger partial charge in [-0.15, -0.1) is 0 Å². The van der Waals surface area contributed by atoms with Gasteiger partial charge in [-0.05, 0) is 13.0 Å². The number of hydrogen-bond donors (Lipinski definition) is 1. The lowest BCUT2D eigenvalue weighted by Gasteiger charge is -2.42. The van der Waals surface area contributed by atoms with Gasteiger partial charge in [0.25, 0.3) is 0 Å². The van der Waals surface area contributed by atoms with Crippen LogP contribution in [0.2, 0.25) is 0 Å². The van der Waals surface area contributed by atoms with Crippen LogP contribution in [0.5, 0.6) is 0 Å². The Balaban J connectivity index is 2.31. The molecule has 0 aromatic carbocycles. The molecule has 76 valence electrons. The standard InChI is InChI=1S/C10H20N2O/c1-4-11-7-9-5-6-12(9)10(13)8(2)3/h8-9,11H,4-7H2,1-3H3. The Kier molecular flexibility index (Phi) is 3.72. The van der Waals surface area contributed by atoms with Gasteiger partial charge in [0.2, 0.25) is 5.91 Å². The number of likely N-dealkylation sites (N-methyl/N-ethyl adjacent to an activating group) is 1. The Morgan fingerprint density at radius 3 is 2.69 bits per heavy atom. The van der Waals surface area contributed by atoms with Crippen LogP contribution in [0.3, 0.4) is 0 Å². The zero-order valence-corrected chi connectivity index (χ0v) is 8.84. The lowest BCUT2D eigenvalue weighted by atomic mass is 10.00. The number of likely N-dealkylation sites (tertiary alicyclic amines) is 1. The summed E-state index contributed by atoms with van der Waals surface area (Å²) >= 11 is 0.